The van der Waals surface area contributed by atoms with Gasteiger partial charge in [-0.15, -0.1) is 5.10 Å². The van der Waals surface area contributed by atoms with Crippen molar-refractivity contribution in [2.75, 3.05) is 0 Å². The second-order valence-corrected chi connectivity index (χ2v) is 4.81. The highest BCUT2D eigenvalue weighted by Gasteiger charge is 2.21. The molecule has 0 bridgehead atoms. The number of rotatable bonds is 2. The summed E-state index contributed by atoms with van der Waals surface area (Å²) in [6.45, 7) is 2.15. The van der Waals surface area contributed by atoms with Crippen LogP contribution in [0.5, 0.6) is 0 Å². The molecule has 0 saturated carbocycles. The summed E-state index contributed by atoms with van der Waals surface area (Å²) in [5.41, 5.74) is 7.87. The van der Waals surface area contributed by atoms with Gasteiger partial charge in [-0.05, 0) is 24.1 Å². The molecule has 3 nitrogen and oxygen atoms in total. The Balaban J connectivity index is 2.38. The average Bonchev–Trinajstić information content (AvgIpc) is 2.28. The van der Waals surface area contributed by atoms with E-state index < -0.39 is 0 Å². The molecule has 1 aromatic carbocycles. The molecule has 0 aromatic heterocycles. The Labute approximate surface area is 104 Å². The maximum atomic E-state index is 5.70. The Morgan fingerprint density at radius 3 is 2.94 bits per heavy atom. The fourth-order valence-electron chi connectivity index (χ4n) is 1.87. The molecular formula is C12H14BrN3. The zero-order valence-electron chi connectivity index (χ0n) is 9.15. The van der Waals surface area contributed by atoms with E-state index in [0.717, 1.165) is 28.6 Å². The molecule has 2 N–H and O–H groups in total. The first-order valence-electron chi connectivity index (χ1n) is 5.36. The van der Waals surface area contributed by atoms with Crippen molar-refractivity contribution in [2.24, 2.45) is 21.9 Å². The van der Waals surface area contributed by atoms with Gasteiger partial charge in [0, 0.05) is 16.8 Å². The van der Waals surface area contributed by atoms with E-state index in [0.29, 0.717) is 11.8 Å². The molecule has 0 amide bonds. The molecule has 4 heteroatoms. The summed E-state index contributed by atoms with van der Waals surface area (Å²) in [4.78, 5) is 0. The fraction of sp³-hybridized carbons (Fsp3) is 0.333. The number of nitrogens with zero attached hydrogens (tertiary/aromatic N) is 2. The van der Waals surface area contributed by atoms with Crippen LogP contribution >= 0.6 is 15.9 Å². The van der Waals surface area contributed by atoms with Gasteiger partial charge in [0.2, 0.25) is 0 Å². The van der Waals surface area contributed by atoms with Gasteiger partial charge in [0.05, 0.1) is 5.71 Å². The maximum absolute atomic E-state index is 5.70. The predicted molar refractivity (Wildman–Crippen MR) is 70.7 cm³/mol. The Morgan fingerprint density at radius 1 is 1.44 bits per heavy atom. The lowest BCUT2D eigenvalue weighted by Gasteiger charge is -2.20. The molecule has 1 aliphatic heterocycles. The van der Waals surface area contributed by atoms with Gasteiger partial charge in [-0.2, -0.15) is 5.10 Å². The number of nitrogens with two attached hydrogens (primary N) is 1. The standard InChI is InChI=1S/C12H14BrN3/c1-2-8-7-11(14)15-16-12(8)9-4-3-5-10(13)6-9/h3-6,8H,2,7H2,1H3,(H2,14,15). The van der Waals surface area contributed by atoms with E-state index in [1.54, 1.807) is 0 Å². The number of hydrogen-bond donors (Lipinski definition) is 1. The summed E-state index contributed by atoms with van der Waals surface area (Å²) in [7, 11) is 0. The van der Waals surface area contributed by atoms with Gasteiger partial charge in [0.1, 0.15) is 5.84 Å². The number of amidine groups is 1. The van der Waals surface area contributed by atoms with Gasteiger partial charge in [-0.1, -0.05) is 35.0 Å². The van der Waals surface area contributed by atoms with Crippen LogP contribution in [0.25, 0.3) is 0 Å². The van der Waals surface area contributed by atoms with Crippen LogP contribution < -0.4 is 5.73 Å². The molecule has 0 spiro atoms. The fourth-order valence-corrected chi connectivity index (χ4v) is 2.27. The smallest absolute Gasteiger partial charge is 0.123 e. The highest BCUT2D eigenvalue weighted by Crippen LogP contribution is 2.22. The maximum Gasteiger partial charge on any atom is 0.123 e. The topological polar surface area (TPSA) is 50.7 Å². The van der Waals surface area contributed by atoms with Crippen LogP contribution in [0.3, 0.4) is 0 Å². The minimum atomic E-state index is 0.381. The summed E-state index contributed by atoms with van der Waals surface area (Å²) < 4.78 is 1.06. The van der Waals surface area contributed by atoms with E-state index in [4.69, 9.17) is 5.73 Å². The minimum Gasteiger partial charge on any atom is -0.386 e. The largest absolute Gasteiger partial charge is 0.386 e. The third-order valence-electron chi connectivity index (χ3n) is 2.74. The molecular weight excluding hydrogens is 266 g/mol. The molecule has 1 aromatic rings. The van der Waals surface area contributed by atoms with Crippen LogP contribution in [0.2, 0.25) is 0 Å². The quantitative estimate of drug-likeness (QED) is 0.889. The monoisotopic (exact) mass is 279 g/mol. The van der Waals surface area contributed by atoms with Crippen molar-refractivity contribution >= 4 is 27.5 Å². The molecule has 16 heavy (non-hydrogen) atoms. The van der Waals surface area contributed by atoms with E-state index >= 15 is 0 Å². The third-order valence-corrected chi connectivity index (χ3v) is 3.23. The summed E-state index contributed by atoms with van der Waals surface area (Å²) in [5.74, 6) is 1.01. The van der Waals surface area contributed by atoms with E-state index in [1.165, 1.54) is 0 Å². The lowest BCUT2D eigenvalue weighted by atomic mass is 9.90. The van der Waals surface area contributed by atoms with Crippen LogP contribution in [0.4, 0.5) is 0 Å². The second-order valence-electron chi connectivity index (χ2n) is 3.90. The average molecular weight is 280 g/mol. The Morgan fingerprint density at radius 2 is 2.25 bits per heavy atom. The van der Waals surface area contributed by atoms with Gasteiger partial charge in [0.15, 0.2) is 0 Å². The van der Waals surface area contributed by atoms with Crippen molar-refractivity contribution in [3.8, 4) is 0 Å². The van der Waals surface area contributed by atoms with Crippen molar-refractivity contribution in [1.82, 2.24) is 0 Å². The van der Waals surface area contributed by atoms with Gasteiger partial charge >= 0.3 is 0 Å². The molecule has 0 radical (unpaired) electrons. The van der Waals surface area contributed by atoms with Crippen LogP contribution in [-0.2, 0) is 0 Å². The molecule has 1 heterocycles. The van der Waals surface area contributed by atoms with Crippen molar-refractivity contribution in [2.45, 2.75) is 19.8 Å². The molecule has 2 rings (SSSR count). The first-order valence-corrected chi connectivity index (χ1v) is 6.16. The first-order chi connectivity index (χ1) is 7.70. The van der Waals surface area contributed by atoms with Crippen LogP contribution in [0.15, 0.2) is 38.9 Å². The second kappa shape index (κ2) is 4.78. The zero-order chi connectivity index (χ0) is 11.5. The molecule has 1 atom stereocenters. The van der Waals surface area contributed by atoms with Crippen LogP contribution in [0.1, 0.15) is 25.3 Å². The van der Waals surface area contributed by atoms with E-state index in [-0.39, 0.29) is 0 Å². The lowest BCUT2D eigenvalue weighted by molar-refractivity contribution is 0.677. The van der Waals surface area contributed by atoms with Gasteiger partial charge in [0.25, 0.3) is 0 Å². The third kappa shape index (κ3) is 2.32. The number of benzene rings is 1. The van der Waals surface area contributed by atoms with E-state index in [1.807, 2.05) is 12.1 Å². The summed E-state index contributed by atoms with van der Waals surface area (Å²) in [6, 6.07) is 8.14. The van der Waals surface area contributed by atoms with Crippen LogP contribution in [-0.4, -0.2) is 11.5 Å². The van der Waals surface area contributed by atoms with Gasteiger partial charge < -0.3 is 5.73 Å². The number of halogens is 1. The lowest BCUT2D eigenvalue weighted by Crippen LogP contribution is -2.26. The first kappa shape index (κ1) is 11.3. The summed E-state index contributed by atoms with van der Waals surface area (Å²) >= 11 is 3.47. The molecule has 0 fully saturated rings. The molecule has 1 aliphatic rings. The molecule has 84 valence electrons. The zero-order valence-corrected chi connectivity index (χ0v) is 10.7. The van der Waals surface area contributed by atoms with Crippen molar-refractivity contribution < 1.29 is 0 Å². The van der Waals surface area contributed by atoms with Gasteiger partial charge in [-0.3, -0.25) is 0 Å². The van der Waals surface area contributed by atoms with Crippen LogP contribution in [0, 0.1) is 5.92 Å². The summed E-state index contributed by atoms with van der Waals surface area (Å²) in [6.07, 6.45) is 1.84. The van der Waals surface area contributed by atoms with E-state index in [9.17, 15) is 0 Å². The SMILES string of the molecule is CCC1CC(N)=NN=C1c1cccc(Br)c1. The van der Waals surface area contributed by atoms with Crippen molar-refractivity contribution in [3.05, 3.63) is 34.3 Å². The predicted octanol–water partition coefficient (Wildman–Crippen LogP) is 2.94. The molecule has 0 aliphatic carbocycles. The minimum absolute atomic E-state index is 0.381. The Bertz CT molecular complexity index is 451. The molecule has 1 unspecified atom stereocenters. The normalized spacial score (nSPS) is 20.2. The Kier molecular flexibility index (Phi) is 3.39. The van der Waals surface area contributed by atoms with E-state index in [2.05, 4.69) is 45.2 Å². The number of hydrogen-bond acceptors (Lipinski definition) is 3. The van der Waals surface area contributed by atoms with Crippen molar-refractivity contribution in [1.29, 1.82) is 0 Å². The molecule has 0 saturated heterocycles. The summed E-state index contributed by atoms with van der Waals surface area (Å²) in [5, 5.41) is 8.22. The van der Waals surface area contributed by atoms with Crippen molar-refractivity contribution in [3.63, 3.8) is 0 Å². The van der Waals surface area contributed by atoms with Gasteiger partial charge in [-0.25, -0.2) is 0 Å². The highest BCUT2D eigenvalue weighted by atomic mass is 79.9. The Hall–Kier alpha value is -1.16. The highest BCUT2D eigenvalue weighted by molar-refractivity contribution is 9.10.